The van der Waals surface area contributed by atoms with Crippen LogP contribution in [0.2, 0.25) is 0 Å². The lowest BCUT2D eigenvalue weighted by Crippen LogP contribution is -2.27. The van der Waals surface area contributed by atoms with Crippen molar-refractivity contribution in [1.82, 2.24) is 5.01 Å². The van der Waals surface area contributed by atoms with Gasteiger partial charge in [0, 0.05) is 0 Å². The van der Waals surface area contributed by atoms with E-state index in [2.05, 4.69) is 10.1 Å². The number of carbonyl (C=O) groups is 1. The summed E-state index contributed by atoms with van der Waals surface area (Å²) in [6.07, 6.45) is 1.90. The van der Waals surface area contributed by atoms with E-state index < -0.39 is 12.8 Å². The van der Waals surface area contributed by atoms with Crippen molar-refractivity contribution in [3.05, 3.63) is 40.6 Å². The lowest BCUT2D eigenvalue weighted by molar-refractivity contribution is -0.708. The molecule has 0 radical (unpaired) electrons. The van der Waals surface area contributed by atoms with Crippen molar-refractivity contribution in [1.29, 1.82) is 0 Å². The lowest BCUT2D eigenvalue weighted by Gasteiger charge is -2.10. The molecule has 1 aliphatic heterocycles. The average molecular weight is 295 g/mol. The number of rotatable bonds is 6. The van der Waals surface area contributed by atoms with Crippen molar-refractivity contribution in [2.45, 2.75) is 19.4 Å². The maximum atomic E-state index is 11.6. The van der Waals surface area contributed by atoms with Crippen LogP contribution in [0.1, 0.15) is 28.8 Å². The molecule has 1 N–H and O–H groups in total. The molecule has 8 heteroatoms. The predicted octanol–water partition coefficient (Wildman–Crippen LogP) is 1.20. The summed E-state index contributed by atoms with van der Waals surface area (Å²) in [5.41, 5.74) is 1.03. The summed E-state index contributed by atoms with van der Waals surface area (Å²) in [4.78, 5) is 16.7. The van der Waals surface area contributed by atoms with Crippen molar-refractivity contribution in [3.8, 4) is 0 Å². The number of hydrogen-bond donors (Lipinski definition) is 1. The monoisotopic (exact) mass is 295 g/mol. The van der Waals surface area contributed by atoms with Gasteiger partial charge in [-0.25, -0.2) is 4.79 Å². The van der Waals surface area contributed by atoms with E-state index >= 15 is 0 Å². The van der Waals surface area contributed by atoms with Crippen molar-refractivity contribution in [3.63, 3.8) is 0 Å². The van der Waals surface area contributed by atoms with Gasteiger partial charge in [0.2, 0.25) is 5.28 Å². The highest BCUT2D eigenvalue weighted by atomic mass is 16.8. The van der Waals surface area contributed by atoms with Gasteiger partial charge in [-0.1, -0.05) is 12.1 Å². The van der Waals surface area contributed by atoms with Gasteiger partial charge in [0.15, 0.2) is 0 Å². The molecule has 1 fully saturated rings. The zero-order valence-electron chi connectivity index (χ0n) is 11.5. The molecule has 8 nitrogen and oxygen atoms in total. The van der Waals surface area contributed by atoms with Crippen molar-refractivity contribution in [2.75, 3.05) is 19.9 Å². The van der Waals surface area contributed by atoms with E-state index in [0.717, 1.165) is 12.8 Å². The zero-order chi connectivity index (χ0) is 15.1. The molecule has 21 heavy (non-hydrogen) atoms. The molecular weight excluding hydrogens is 278 g/mol. The number of hydrogen-bond acceptors (Lipinski definition) is 6. The fraction of sp³-hybridized carbons (Fsp3) is 0.462. The molecule has 0 unspecified atom stereocenters. The standard InChI is InChI=1S/C13H17N3O5/c17-9-11-3-5-12(6-4-11)13(18)20-10-21-14-16(19)15-7-1-2-8-15/h3-6,17H,1-2,7-10H2/b16-14+. The van der Waals surface area contributed by atoms with Crippen molar-refractivity contribution in [2.24, 2.45) is 5.28 Å². The highest BCUT2D eigenvalue weighted by Crippen LogP contribution is 2.08. The van der Waals surface area contributed by atoms with Crippen LogP contribution in [-0.4, -0.2) is 40.9 Å². The Morgan fingerprint density at radius 1 is 1.33 bits per heavy atom. The van der Waals surface area contributed by atoms with E-state index in [1.807, 2.05) is 0 Å². The van der Waals surface area contributed by atoms with Crippen LogP contribution >= 0.6 is 0 Å². The van der Waals surface area contributed by atoms with E-state index in [9.17, 15) is 10.0 Å². The number of nitrogens with zero attached hydrogens (tertiary/aromatic N) is 3. The van der Waals surface area contributed by atoms with Crippen LogP contribution in [0.4, 0.5) is 0 Å². The molecule has 114 valence electrons. The van der Waals surface area contributed by atoms with Gasteiger partial charge < -0.3 is 19.9 Å². The van der Waals surface area contributed by atoms with Gasteiger partial charge >= 0.3 is 5.97 Å². The largest absolute Gasteiger partial charge is 0.569 e. The minimum absolute atomic E-state index is 0.0901. The van der Waals surface area contributed by atoms with Crippen LogP contribution < -0.4 is 0 Å². The summed E-state index contributed by atoms with van der Waals surface area (Å²) in [7, 11) is 0. The zero-order valence-corrected chi connectivity index (χ0v) is 11.5. The first kappa shape index (κ1) is 15.0. The van der Waals surface area contributed by atoms with Crippen molar-refractivity contribution >= 4 is 5.97 Å². The van der Waals surface area contributed by atoms with Crippen LogP contribution in [0.3, 0.4) is 0 Å². The van der Waals surface area contributed by atoms with E-state index in [1.54, 1.807) is 12.1 Å². The summed E-state index contributed by atoms with van der Waals surface area (Å²) in [5.74, 6) is -0.590. The minimum atomic E-state index is -0.590. The quantitative estimate of drug-likeness (QED) is 0.211. The first-order valence-corrected chi connectivity index (χ1v) is 6.62. The molecule has 0 amide bonds. The number of ether oxygens (including phenoxy) is 1. The maximum Gasteiger partial charge on any atom is 0.341 e. The molecule has 0 aromatic heterocycles. The first-order valence-electron chi connectivity index (χ1n) is 6.62. The molecular formula is C13H17N3O5. The summed E-state index contributed by atoms with van der Waals surface area (Å²) in [5, 5.41) is 25.1. The molecule has 1 saturated heterocycles. The molecule has 1 aliphatic rings. The summed E-state index contributed by atoms with van der Waals surface area (Å²) in [6, 6.07) is 6.31. The number of aliphatic hydroxyl groups excluding tert-OH is 1. The summed E-state index contributed by atoms with van der Waals surface area (Å²) < 4.78 is 4.81. The Morgan fingerprint density at radius 3 is 2.62 bits per heavy atom. The van der Waals surface area contributed by atoms with E-state index in [1.165, 1.54) is 17.1 Å². The predicted molar refractivity (Wildman–Crippen MR) is 70.6 cm³/mol. The van der Waals surface area contributed by atoms with Gasteiger partial charge in [-0.2, -0.15) is 0 Å². The Morgan fingerprint density at radius 2 is 2.00 bits per heavy atom. The molecule has 0 atom stereocenters. The topological polar surface area (TPSA) is 97.4 Å². The Bertz CT molecular complexity index is 497. The fourth-order valence-corrected chi connectivity index (χ4v) is 1.91. The summed E-state index contributed by atoms with van der Waals surface area (Å²) >= 11 is 0. The minimum Gasteiger partial charge on any atom is -0.569 e. The highest BCUT2D eigenvalue weighted by molar-refractivity contribution is 5.89. The molecule has 1 aromatic carbocycles. The molecule has 2 rings (SSSR count). The van der Waals surface area contributed by atoms with Gasteiger partial charge in [0.05, 0.1) is 30.2 Å². The first-order chi connectivity index (χ1) is 10.2. The second-order valence-corrected chi connectivity index (χ2v) is 4.53. The van der Waals surface area contributed by atoms with E-state index in [0.29, 0.717) is 29.2 Å². The van der Waals surface area contributed by atoms with E-state index in [4.69, 9.17) is 9.84 Å². The average Bonchev–Trinajstić information content (AvgIpc) is 3.05. The van der Waals surface area contributed by atoms with Gasteiger partial charge in [-0.15, -0.1) is 5.01 Å². The Kier molecular flexibility index (Phi) is 5.33. The molecule has 0 aliphatic carbocycles. The third-order valence-corrected chi connectivity index (χ3v) is 3.07. The second kappa shape index (κ2) is 7.44. The third kappa shape index (κ3) is 4.32. The van der Waals surface area contributed by atoms with Crippen LogP contribution in [-0.2, 0) is 16.2 Å². The number of esters is 1. The van der Waals surface area contributed by atoms with Gasteiger partial charge in [0.1, 0.15) is 0 Å². The van der Waals surface area contributed by atoms with E-state index in [-0.39, 0.29) is 6.61 Å². The Balaban J connectivity index is 1.74. The molecule has 0 bridgehead atoms. The third-order valence-electron chi connectivity index (χ3n) is 3.07. The van der Waals surface area contributed by atoms with Crippen LogP contribution in [0.5, 0.6) is 0 Å². The second-order valence-electron chi connectivity index (χ2n) is 4.53. The number of aliphatic hydroxyl groups is 1. The van der Waals surface area contributed by atoms with Gasteiger partial charge in [-0.05, 0) is 30.5 Å². The SMILES string of the molecule is O=C(OCO/N=[N+](/[O-])N1CCCC1)c1ccc(CO)cc1. The maximum absolute atomic E-state index is 11.6. The van der Waals surface area contributed by atoms with Gasteiger partial charge in [0.25, 0.3) is 6.79 Å². The highest BCUT2D eigenvalue weighted by Gasteiger charge is 2.18. The smallest absolute Gasteiger partial charge is 0.341 e. The Labute approximate surface area is 121 Å². The number of carbonyl (C=O) groups excluding carboxylic acids is 1. The molecule has 1 aromatic rings. The summed E-state index contributed by atoms with van der Waals surface area (Å²) in [6.45, 7) is 0.765. The van der Waals surface area contributed by atoms with Crippen LogP contribution in [0, 0.1) is 5.21 Å². The fourth-order valence-electron chi connectivity index (χ4n) is 1.91. The number of benzene rings is 1. The van der Waals surface area contributed by atoms with Crippen LogP contribution in [0.15, 0.2) is 29.5 Å². The molecule has 0 saturated carbocycles. The molecule has 1 heterocycles. The number of hydrazine groups is 1. The Hall–Kier alpha value is -2.35. The lowest BCUT2D eigenvalue weighted by atomic mass is 10.1. The van der Waals surface area contributed by atoms with Gasteiger partial charge in [-0.3, -0.25) is 0 Å². The van der Waals surface area contributed by atoms with Crippen molar-refractivity contribution < 1.29 is 24.4 Å². The molecule has 0 spiro atoms. The normalized spacial score (nSPS) is 15.1. The van der Waals surface area contributed by atoms with Crippen LogP contribution in [0.25, 0.3) is 0 Å².